The van der Waals surface area contributed by atoms with E-state index in [0.717, 1.165) is 48.8 Å². The molecule has 1 aliphatic rings. The lowest BCUT2D eigenvalue weighted by atomic mass is 10.0. The molecule has 1 saturated heterocycles. The third kappa shape index (κ3) is 5.14. The largest absolute Gasteiger partial charge is 0.323 e. The number of likely N-dealkylation sites (tertiary alicyclic amines) is 1. The van der Waals surface area contributed by atoms with Crippen LogP contribution in [0.1, 0.15) is 40.7 Å². The molecule has 1 amide bonds. The van der Waals surface area contributed by atoms with E-state index < -0.39 is 5.82 Å². The van der Waals surface area contributed by atoms with E-state index in [1.165, 1.54) is 11.6 Å². The second kappa shape index (κ2) is 9.35. The van der Waals surface area contributed by atoms with Crippen LogP contribution in [0, 0.1) is 19.7 Å². The van der Waals surface area contributed by atoms with Gasteiger partial charge in [-0.3, -0.25) is 9.69 Å². The number of nitrogens with zero attached hydrogens (tertiary/aromatic N) is 3. The summed E-state index contributed by atoms with van der Waals surface area (Å²) >= 11 is 0. The molecule has 1 unspecified atom stereocenters. The van der Waals surface area contributed by atoms with Gasteiger partial charge in [0.2, 0.25) is 5.91 Å². The number of carbonyl (C=O) groups is 1. The van der Waals surface area contributed by atoms with Gasteiger partial charge in [-0.25, -0.2) is 14.4 Å². The molecule has 0 bridgehead atoms. The number of nitrogens with one attached hydrogen (secondary N) is 1. The van der Waals surface area contributed by atoms with Gasteiger partial charge in [-0.15, -0.1) is 0 Å². The van der Waals surface area contributed by atoms with E-state index in [1.54, 1.807) is 18.2 Å². The Bertz CT molecular complexity index is 1050. The highest BCUT2D eigenvalue weighted by molar-refractivity contribution is 5.92. The molecule has 0 spiro atoms. The summed E-state index contributed by atoms with van der Waals surface area (Å²) in [5.41, 5.74) is 3.93. The van der Waals surface area contributed by atoms with Gasteiger partial charge in [0.1, 0.15) is 11.6 Å². The summed E-state index contributed by atoms with van der Waals surface area (Å²) in [6, 6.07) is 16.6. The normalized spacial score (nSPS) is 16.4. The maximum Gasteiger partial charge on any atom is 0.229 e. The van der Waals surface area contributed by atoms with Crippen LogP contribution in [-0.4, -0.2) is 33.9 Å². The van der Waals surface area contributed by atoms with Crippen LogP contribution in [0.3, 0.4) is 0 Å². The van der Waals surface area contributed by atoms with Crippen LogP contribution in [0.4, 0.5) is 10.1 Å². The Kier molecular flexibility index (Phi) is 6.37. The second-order valence-corrected chi connectivity index (χ2v) is 8.14. The van der Waals surface area contributed by atoms with Crippen molar-refractivity contribution in [2.75, 3.05) is 18.4 Å². The van der Waals surface area contributed by atoms with Crippen molar-refractivity contribution < 1.29 is 9.18 Å². The molecule has 6 heteroatoms. The van der Waals surface area contributed by atoms with Crippen LogP contribution < -0.4 is 5.32 Å². The molecule has 1 fully saturated rings. The fourth-order valence-corrected chi connectivity index (χ4v) is 4.15. The summed E-state index contributed by atoms with van der Waals surface area (Å²) in [6.07, 6.45) is 1.15. The molecule has 1 aliphatic heterocycles. The Morgan fingerprint density at radius 2 is 1.74 bits per heavy atom. The molecule has 0 saturated carbocycles. The van der Waals surface area contributed by atoms with Crippen molar-refractivity contribution >= 4 is 11.6 Å². The summed E-state index contributed by atoms with van der Waals surface area (Å²) in [7, 11) is 0. The Morgan fingerprint density at radius 1 is 1.06 bits per heavy atom. The average Bonchev–Trinajstić information content (AvgIpc) is 3.21. The second-order valence-electron chi connectivity index (χ2n) is 8.14. The van der Waals surface area contributed by atoms with Crippen molar-refractivity contribution in [2.24, 2.45) is 0 Å². The van der Waals surface area contributed by atoms with Crippen LogP contribution >= 0.6 is 0 Å². The topological polar surface area (TPSA) is 58.1 Å². The van der Waals surface area contributed by atoms with Gasteiger partial charge in [0, 0.05) is 36.0 Å². The molecular formula is C25H27FN4O. The molecule has 4 rings (SSSR count). The molecule has 0 aliphatic carbocycles. The van der Waals surface area contributed by atoms with Crippen LogP contribution in [0.5, 0.6) is 0 Å². The van der Waals surface area contributed by atoms with Gasteiger partial charge in [-0.05, 0) is 44.5 Å². The van der Waals surface area contributed by atoms with Crippen molar-refractivity contribution in [1.82, 2.24) is 14.9 Å². The zero-order valence-corrected chi connectivity index (χ0v) is 17.9. The van der Waals surface area contributed by atoms with Crippen LogP contribution in [0.15, 0.2) is 54.6 Å². The predicted molar refractivity (Wildman–Crippen MR) is 119 cm³/mol. The van der Waals surface area contributed by atoms with Crippen molar-refractivity contribution in [3.63, 3.8) is 0 Å². The quantitative estimate of drug-likeness (QED) is 0.645. The van der Waals surface area contributed by atoms with Crippen molar-refractivity contribution in [3.05, 3.63) is 88.8 Å². The molecule has 160 valence electrons. The van der Waals surface area contributed by atoms with Gasteiger partial charge >= 0.3 is 0 Å². The zero-order valence-electron chi connectivity index (χ0n) is 17.9. The van der Waals surface area contributed by atoms with Gasteiger partial charge in [0.15, 0.2) is 0 Å². The number of aryl methyl sites for hydroxylation is 2. The first-order chi connectivity index (χ1) is 15.0. The van der Waals surface area contributed by atoms with E-state index >= 15 is 0 Å². The lowest BCUT2D eigenvalue weighted by Gasteiger charge is -2.17. The highest BCUT2D eigenvalue weighted by Gasteiger charge is 2.27. The van der Waals surface area contributed by atoms with Gasteiger partial charge in [0.25, 0.3) is 0 Å². The predicted octanol–water partition coefficient (Wildman–Crippen LogP) is 4.40. The minimum absolute atomic E-state index is 0.122. The number of hydrogen-bond donors (Lipinski definition) is 1. The fraction of sp³-hybridized carbons (Fsp3) is 0.320. The summed E-state index contributed by atoms with van der Waals surface area (Å²) in [6.45, 7) is 6.72. The Balaban J connectivity index is 1.41. The minimum atomic E-state index is -0.447. The van der Waals surface area contributed by atoms with Gasteiger partial charge < -0.3 is 5.32 Å². The number of carbonyl (C=O) groups excluding carboxylic acids is 1. The standard InChI is InChI=1S/C25H27FN4O/c1-17-21(14-24(31)29-23-11-7-6-10-22(23)26)18(2)28-25(27-17)20-12-13-30(16-20)15-19-8-4-3-5-9-19/h3-11,20H,12-16H2,1-2H3,(H,29,31). The van der Waals surface area contributed by atoms with Crippen molar-refractivity contribution in [2.45, 2.75) is 39.2 Å². The lowest BCUT2D eigenvalue weighted by molar-refractivity contribution is -0.115. The number of amides is 1. The smallest absolute Gasteiger partial charge is 0.229 e. The molecule has 5 nitrogen and oxygen atoms in total. The molecule has 2 heterocycles. The van der Waals surface area contributed by atoms with Gasteiger partial charge in [-0.2, -0.15) is 0 Å². The summed E-state index contributed by atoms with van der Waals surface area (Å²) in [4.78, 5) is 24.4. The van der Waals surface area contributed by atoms with E-state index in [2.05, 4.69) is 34.5 Å². The number of aromatic nitrogens is 2. The molecule has 2 aromatic carbocycles. The average molecular weight is 419 g/mol. The summed E-state index contributed by atoms with van der Waals surface area (Å²) in [5, 5.41) is 2.64. The maximum absolute atomic E-state index is 13.8. The van der Waals surface area contributed by atoms with Crippen molar-refractivity contribution in [3.8, 4) is 0 Å². The maximum atomic E-state index is 13.8. The zero-order chi connectivity index (χ0) is 21.8. The molecule has 3 aromatic rings. The third-order valence-corrected chi connectivity index (χ3v) is 5.81. The van der Waals surface area contributed by atoms with Crippen LogP contribution in [0.25, 0.3) is 0 Å². The first-order valence-electron chi connectivity index (χ1n) is 10.6. The molecule has 1 aromatic heterocycles. The van der Waals surface area contributed by atoms with E-state index in [-0.39, 0.29) is 18.0 Å². The number of anilines is 1. The SMILES string of the molecule is Cc1nc(C2CCN(Cc3ccccc3)C2)nc(C)c1CC(=O)Nc1ccccc1F. The Morgan fingerprint density at radius 3 is 2.45 bits per heavy atom. The molecule has 1 N–H and O–H groups in total. The van der Waals surface area contributed by atoms with Crippen LogP contribution in [-0.2, 0) is 17.8 Å². The first kappa shape index (κ1) is 21.1. The van der Waals surface area contributed by atoms with Crippen LogP contribution in [0.2, 0.25) is 0 Å². The number of hydrogen-bond acceptors (Lipinski definition) is 4. The Labute approximate surface area is 182 Å². The van der Waals surface area contributed by atoms with E-state index in [1.807, 2.05) is 19.9 Å². The monoisotopic (exact) mass is 418 g/mol. The molecular weight excluding hydrogens is 391 g/mol. The Hall–Kier alpha value is -3.12. The van der Waals surface area contributed by atoms with E-state index in [4.69, 9.17) is 9.97 Å². The number of rotatable bonds is 6. The third-order valence-electron chi connectivity index (χ3n) is 5.81. The molecule has 1 atom stereocenters. The highest BCUT2D eigenvalue weighted by Crippen LogP contribution is 2.27. The molecule has 31 heavy (non-hydrogen) atoms. The number of benzene rings is 2. The number of para-hydroxylation sites is 1. The summed E-state index contributed by atoms with van der Waals surface area (Å²) in [5.74, 6) is 0.422. The lowest BCUT2D eigenvalue weighted by Crippen LogP contribution is -2.21. The van der Waals surface area contributed by atoms with Crippen molar-refractivity contribution in [1.29, 1.82) is 0 Å². The van der Waals surface area contributed by atoms with E-state index in [0.29, 0.717) is 5.92 Å². The molecule has 0 radical (unpaired) electrons. The minimum Gasteiger partial charge on any atom is -0.323 e. The first-order valence-corrected chi connectivity index (χ1v) is 10.6. The van der Waals surface area contributed by atoms with Gasteiger partial charge in [0.05, 0.1) is 12.1 Å². The highest BCUT2D eigenvalue weighted by atomic mass is 19.1. The van der Waals surface area contributed by atoms with Gasteiger partial charge in [-0.1, -0.05) is 42.5 Å². The fourth-order valence-electron chi connectivity index (χ4n) is 4.15. The number of halogens is 1. The summed E-state index contributed by atoms with van der Waals surface area (Å²) < 4.78 is 13.8. The van der Waals surface area contributed by atoms with E-state index in [9.17, 15) is 9.18 Å².